The van der Waals surface area contributed by atoms with E-state index in [0.29, 0.717) is 16.1 Å². The van der Waals surface area contributed by atoms with Crippen LogP contribution in [-0.4, -0.2) is 36.1 Å². The van der Waals surface area contributed by atoms with Gasteiger partial charge in [-0.15, -0.1) is 0 Å². The highest BCUT2D eigenvalue weighted by atomic mass is 35.5. The highest BCUT2D eigenvalue weighted by Gasteiger charge is 2.24. The second-order valence-electron chi connectivity index (χ2n) is 4.96. The number of halogens is 1. The zero-order valence-corrected chi connectivity index (χ0v) is 11.4. The lowest BCUT2D eigenvalue weighted by Gasteiger charge is -2.35. The molecule has 0 saturated carbocycles. The van der Waals surface area contributed by atoms with Gasteiger partial charge in [0.1, 0.15) is 5.82 Å². The molecule has 1 fully saturated rings. The van der Waals surface area contributed by atoms with Gasteiger partial charge in [0.15, 0.2) is 5.58 Å². The number of hydrogen-bond acceptors (Lipinski definition) is 5. The van der Waals surface area contributed by atoms with Crippen molar-refractivity contribution in [1.29, 1.82) is 0 Å². The van der Waals surface area contributed by atoms with Gasteiger partial charge in [0.25, 0.3) is 0 Å². The molecule has 2 aliphatic rings. The fourth-order valence-corrected chi connectivity index (χ4v) is 2.86. The normalized spacial score (nSPS) is 18.1. The highest BCUT2D eigenvalue weighted by molar-refractivity contribution is 6.31. The zero-order valence-electron chi connectivity index (χ0n) is 10.6. The van der Waals surface area contributed by atoms with Crippen molar-refractivity contribution >= 4 is 28.4 Å². The van der Waals surface area contributed by atoms with E-state index in [0.717, 1.165) is 31.9 Å². The summed E-state index contributed by atoms with van der Waals surface area (Å²) in [6.07, 6.45) is 2.00. The van der Waals surface area contributed by atoms with Crippen LogP contribution >= 0.6 is 11.6 Å². The monoisotopic (exact) mass is 292 g/mol. The van der Waals surface area contributed by atoms with Gasteiger partial charge in [-0.1, -0.05) is 11.6 Å². The largest absolute Gasteiger partial charge is 0.417 e. The third-order valence-electron chi connectivity index (χ3n) is 3.70. The van der Waals surface area contributed by atoms with Crippen LogP contribution in [0.3, 0.4) is 0 Å². The molecule has 0 aliphatic carbocycles. The predicted molar refractivity (Wildman–Crippen MR) is 76.8 cm³/mol. The fraction of sp³-hybridized carbons (Fsp3) is 0.308. The summed E-state index contributed by atoms with van der Waals surface area (Å²) in [4.78, 5) is 18.5. The minimum Gasteiger partial charge on any atom is -0.406 e. The Labute approximate surface area is 119 Å². The summed E-state index contributed by atoms with van der Waals surface area (Å²) >= 11 is 6.12. The molecule has 2 N–H and O–H groups in total. The van der Waals surface area contributed by atoms with Crippen LogP contribution in [0.2, 0.25) is 5.02 Å². The first-order valence-electron chi connectivity index (χ1n) is 6.50. The summed E-state index contributed by atoms with van der Waals surface area (Å²) in [6, 6.07) is 3.56. The molecule has 0 amide bonds. The molecule has 0 spiro atoms. The lowest BCUT2D eigenvalue weighted by molar-refractivity contribution is 0.327. The number of aromatic nitrogens is 1. The first-order chi connectivity index (χ1) is 9.70. The Morgan fingerprint density at radius 1 is 1.15 bits per heavy atom. The van der Waals surface area contributed by atoms with Gasteiger partial charge in [0.2, 0.25) is 0 Å². The van der Waals surface area contributed by atoms with Gasteiger partial charge >= 0.3 is 5.76 Å². The Morgan fingerprint density at radius 3 is 2.55 bits per heavy atom. The van der Waals surface area contributed by atoms with Gasteiger partial charge in [0.05, 0.1) is 11.2 Å². The maximum absolute atomic E-state index is 11.4. The number of aromatic amines is 1. The van der Waals surface area contributed by atoms with Crippen molar-refractivity contribution in [3.05, 3.63) is 39.7 Å². The number of piperazine rings is 1. The summed E-state index contributed by atoms with van der Waals surface area (Å²) in [7, 11) is 0. The molecule has 0 unspecified atom stereocenters. The van der Waals surface area contributed by atoms with E-state index in [-0.39, 0.29) is 0 Å². The highest BCUT2D eigenvalue weighted by Crippen LogP contribution is 2.30. The molecule has 2 aromatic rings. The lowest BCUT2D eigenvalue weighted by atomic mass is 10.2. The number of nitrogens with one attached hydrogen (secondary N) is 2. The standard InChI is InChI=1S/C13H13ClN4O2/c14-8-5-9-12(20-13(19)16-9)10(6-8)17-1-3-18(4-2-17)11-7-15-11/h5-7,15H,1-4H2,(H,16,19). The van der Waals surface area contributed by atoms with E-state index >= 15 is 0 Å². The third kappa shape index (κ3) is 1.92. The predicted octanol–water partition coefficient (Wildman–Crippen LogP) is 1.30. The van der Waals surface area contributed by atoms with Crippen LogP contribution in [-0.2, 0) is 0 Å². The van der Waals surface area contributed by atoms with E-state index in [1.165, 1.54) is 5.82 Å². The molecule has 2 aliphatic heterocycles. The molecule has 7 heteroatoms. The van der Waals surface area contributed by atoms with Crippen molar-refractivity contribution in [3.63, 3.8) is 0 Å². The molecule has 3 heterocycles. The van der Waals surface area contributed by atoms with Gasteiger partial charge in [-0.3, -0.25) is 4.98 Å². The maximum atomic E-state index is 11.4. The number of nitrogens with zero attached hydrogens (tertiary/aromatic N) is 2. The van der Waals surface area contributed by atoms with E-state index < -0.39 is 5.76 Å². The average Bonchev–Trinajstić information content (AvgIpc) is 3.21. The smallest absolute Gasteiger partial charge is 0.406 e. The Hall–Kier alpha value is -2.08. The minimum absolute atomic E-state index is 0.450. The van der Waals surface area contributed by atoms with Crippen LogP contribution in [0, 0.1) is 0 Å². The molecule has 104 valence electrons. The molecular formula is C13H13ClN4O2. The molecule has 1 saturated heterocycles. The molecule has 4 rings (SSSR count). The summed E-state index contributed by atoms with van der Waals surface area (Å²) in [6.45, 7) is 3.59. The molecule has 0 radical (unpaired) electrons. The van der Waals surface area contributed by atoms with Crippen LogP contribution < -0.4 is 16.0 Å². The first kappa shape index (κ1) is 11.7. The van der Waals surface area contributed by atoms with Crippen LogP contribution in [0.25, 0.3) is 11.1 Å². The molecular weight excluding hydrogens is 280 g/mol. The van der Waals surface area contributed by atoms with Gasteiger partial charge in [-0.05, 0) is 12.1 Å². The molecule has 1 aromatic carbocycles. The summed E-state index contributed by atoms with van der Waals surface area (Å²) in [5.41, 5.74) is 2.10. The molecule has 0 atom stereocenters. The Kier molecular flexibility index (Phi) is 2.47. The number of rotatable bonds is 2. The van der Waals surface area contributed by atoms with Crippen LogP contribution in [0.15, 0.2) is 33.4 Å². The molecule has 1 aromatic heterocycles. The van der Waals surface area contributed by atoms with Crippen molar-refractivity contribution in [2.24, 2.45) is 0 Å². The summed E-state index contributed by atoms with van der Waals surface area (Å²) < 4.78 is 5.25. The SMILES string of the molecule is O=c1[nH]c2cc(Cl)cc(N3CCN(C4=CN4)CC3)c2o1. The zero-order chi connectivity index (χ0) is 13.7. The van der Waals surface area contributed by atoms with Crippen molar-refractivity contribution in [2.75, 3.05) is 31.1 Å². The van der Waals surface area contributed by atoms with E-state index in [1.54, 1.807) is 6.07 Å². The fourth-order valence-electron chi connectivity index (χ4n) is 2.65. The Balaban J connectivity index is 1.67. The van der Waals surface area contributed by atoms with Gasteiger partial charge in [-0.25, -0.2) is 4.79 Å². The Morgan fingerprint density at radius 2 is 1.85 bits per heavy atom. The number of fused-ring (bicyclic) bond motifs is 1. The van der Waals surface area contributed by atoms with E-state index in [1.807, 2.05) is 12.3 Å². The quantitative estimate of drug-likeness (QED) is 0.873. The van der Waals surface area contributed by atoms with Gasteiger partial charge < -0.3 is 19.5 Å². The van der Waals surface area contributed by atoms with E-state index in [9.17, 15) is 4.79 Å². The summed E-state index contributed by atoms with van der Waals surface area (Å²) in [5.74, 6) is 0.753. The number of benzene rings is 1. The second-order valence-corrected chi connectivity index (χ2v) is 5.40. The Bertz CT molecular complexity index is 755. The number of hydrogen-bond donors (Lipinski definition) is 2. The van der Waals surface area contributed by atoms with Crippen LogP contribution in [0.5, 0.6) is 0 Å². The second kappa shape index (κ2) is 4.21. The average molecular weight is 293 g/mol. The van der Waals surface area contributed by atoms with Crippen LogP contribution in [0.4, 0.5) is 5.69 Å². The topological polar surface area (TPSA) is 74.4 Å². The van der Waals surface area contributed by atoms with E-state index in [2.05, 4.69) is 20.1 Å². The van der Waals surface area contributed by atoms with Crippen molar-refractivity contribution in [2.45, 2.75) is 0 Å². The lowest BCUT2D eigenvalue weighted by Crippen LogP contribution is -2.45. The number of anilines is 1. The molecule has 20 heavy (non-hydrogen) atoms. The summed E-state index contributed by atoms with van der Waals surface area (Å²) in [5, 5.41) is 3.71. The van der Waals surface area contributed by atoms with Gasteiger partial charge in [0, 0.05) is 37.4 Å². The van der Waals surface area contributed by atoms with Crippen molar-refractivity contribution < 1.29 is 4.42 Å². The number of H-pyrrole nitrogens is 1. The van der Waals surface area contributed by atoms with Crippen molar-refractivity contribution in [3.8, 4) is 0 Å². The maximum Gasteiger partial charge on any atom is 0.417 e. The van der Waals surface area contributed by atoms with Crippen molar-refractivity contribution in [1.82, 2.24) is 15.2 Å². The third-order valence-corrected chi connectivity index (χ3v) is 3.92. The van der Waals surface area contributed by atoms with Crippen LogP contribution in [0.1, 0.15) is 0 Å². The number of oxazole rings is 1. The van der Waals surface area contributed by atoms with Gasteiger partial charge in [-0.2, -0.15) is 0 Å². The molecule has 6 nitrogen and oxygen atoms in total. The van der Waals surface area contributed by atoms with E-state index in [4.69, 9.17) is 16.0 Å². The minimum atomic E-state index is -0.450. The molecule has 0 bridgehead atoms. The first-order valence-corrected chi connectivity index (χ1v) is 6.87.